The number of hydrogen-bond donors (Lipinski definition) is 0. The molecule has 0 unspecified atom stereocenters. The quantitative estimate of drug-likeness (QED) is 0.875. The summed E-state index contributed by atoms with van der Waals surface area (Å²) in [5.41, 5.74) is 0.932. The highest BCUT2D eigenvalue weighted by Gasteiger charge is 2.23. The Hall–Kier alpha value is -2.03. The molecule has 0 aliphatic carbocycles. The molecular weight excluding hydrogens is 296 g/mol. The molecule has 0 aliphatic heterocycles. The van der Waals surface area contributed by atoms with Crippen LogP contribution in [0.2, 0.25) is 5.02 Å². The molecule has 0 N–H and O–H groups in total. The van der Waals surface area contributed by atoms with Crippen molar-refractivity contribution in [3.63, 3.8) is 0 Å². The summed E-state index contributed by atoms with van der Waals surface area (Å²) in [4.78, 5) is 0.0496. The number of benzene rings is 2. The predicted molar refractivity (Wildman–Crippen MR) is 78.2 cm³/mol. The third-order valence-corrected chi connectivity index (χ3v) is 5.12. The molecular formula is C14H11ClN2O2S. The molecule has 0 heterocycles. The van der Waals surface area contributed by atoms with E-state index in [1.807, 2.05) is 6.07 Å². The number of halogens is 1. The maximum Gasteiger partial charge on any atom is 0.265 e. The number of nitriles is 1. The first-order valence-corrected chi connectivity index (χ1v) is 7.52. The van der Waals surface area contributed by atoms with E-state index in [4.69, 9.17) is 16.9 Å². The van der Waals surface area contributed by atoms with Crippen molar-refractivity contribution in [2.24, 2.45) is 0 Å². The van der Waals surface area contributed by atoms with Gasteiger partial charge in [0.15, 0.2) is 0 Å². The Bertz CT molecular complexity index is 765. The van der Waals surface area contributed by atoms with Crippen LogP contribution in [0.5, 0.6) is 0 Å². The molecule has 0 spiro atoms. The van der Waals surface area contributed by atoms with Gasteiger partial charge < -0.3 is 0 Å². The van der Waals surface area contributed by atoms with Crippen LogP contribution in [0.4, 0.5) is 5.69 Å². The molecule has 0 radical (unpaired) electrons. The average molecular weight is 307 g/mol. The first-order valence-electron chi connectivity index (χ1n) is 5.70. The molecule has 0 saturated carbocycles. The molecule has 0 aliphatic rings. The molecule has 0 aromatic heterocycles. The molecule has 2 aromatic rings. The summed E-state index contributed by atoms with van der Waals surface area (Å²) in [6.07, 6.45) is 0. The highest BCUT2D eigenvalue weighted by molar-refractivity contribution is 7.93. The molecule has 0 saturated heterocycles. The molecule has 2 rings (SSSR count). The van der Waals surface area contributed by atoms with Crippen LogP contribution in [-0.4, -0.2) is 15.5 Å². The Balaban J connectivity index is 2.44. The van der Waals surface area contributed by atoms with Crippen LogP contribution in [0.25, 0.3) is 0 Å². The number of hydrogen-bond acceptors (Lipinski definition) is 3. The van der Waals surface area contributed by atoms with Crippen molar-refractivity contribution < 1.29 is 8.42 Å². The van der Waals surface area contributed by atoms with E-state index in [9.17, 15) is 8.42 Å². The maximum atomic E-state index is 12.5. The number of sulfonamides is 1. The monoisotopic (exact) mass is 306 g/mol. The fourth-order valence-electron chi connectivity index (χ4n) is 1.69. The van der Waals surface area contributed by atoms with Crippen molar-refractivity contribution in [1.82, 2.24) is 0 Å². The van der Waals surface area contributed by atoms with Crippen molar-refractivity contribution in [2.45, 2.75) is 4.90 Å². The van der Waals surface area contributed by atoms with E-state index in [0.717, 1.165) is 4.31 Å². The van der Waals surface area contributed by atoms with Gasteiger partial charge in [0, 0.05) is 7.05 Å². The highest BCUT2D eigenvalue weighted by Crippen LogP contribution is 2.27. The smallest absolute Gasteiger partial charge is 0.265 e. The lowest BCUT2D eigenvalue weighted by Gasteiger charge is -2.20. The maximum absolute atomic E-state index is 12.5. The molecule has 20 heavy (non-hydrogen) atoms. The normalized spacial score (nSPS) is 10.8. The summed E-state index contributed by atoms with van der Waals surface area (Å²) in [7, 11) is -2.28. The fraction of sp³-hybridized carbons (Fsp3) is 0.0714. The van der Waals surface area contributed by atoms with Gasteiger partial charge in [0.1, 0.15) is 4.90 Å². The second-order valence-electron chi connectivity index (χ2n) is 4.06. The minimum atomic E-state index is -3.72. The van der Waals surface area contributed by atoms with Gasteiger partial charge in [0.05, 0.1) is 22.3 Å². The summed E-state index contributed by atoms with van der Waals surface area (Å²) in [6, 6.07) is 14.5. The number of anilines is 1. The topological polar surface area (TPSA) is 61.2 Å². The Morgan fingerprint density at radius 3 is 2.25 bits per heavy atom. The van der Waals surface area contributed by atoms with Crippen molar-refractivity contribution in [2.75, 3.05) is 11.4 Å². The van der Waals surface area contributed by atoms with Gasteiger partial charge in [-0.1, -0.05) is 23.7 Å². The van der Waals surface area contributed by atoms with Crippen LogP contribution in [-0.2, 0) is 10.0 Å². The van der Waals surface area contributed by atoms with E-state index in [-0.39, 0.29) is 9.92 Å². The van der Waals surface area contributed by atoms with Crippen molar-refractivity contribution in [1.29, 1.82) is 5.26 Å². The van der Waals surface area contributed by atoms with Gasteiger partial charge in [-0.2, -0.15) is 5.26 Å². The summed E-state index contributed by atoms with van der Waals surface area (Å²) in [6.45, 7) is 0. The van der Waals surface area contributed by atoms with E-state index in [2.05, 4.69) is 0 Å². The molecule has 0 atom stereocenters. The van der Waals surface area contributed by atoms with Crippen LogP contribution in [0.3, 0.4) is 0 Å². The van der Waals surface area contributed by atoms with Crippen LogP contribution in [0.1, 0.15) is 5.56 Å². The van der Waals surface area contributed by atoms with Gasteiger partial charge in [-0.15, -0.1) is 0 Å². The zero-order chi connectivity index (χ0) is 14.8. The highest BCUT2D eigenvalue weighted by atomic mass is 35.5. The van der Waals surface area contributed by atoms with Gasteiger partial charge in [-0.3, -0.25) is 4.31 Å². The fourth-order valence-corrected chi connectivity index (χ4v) is 3.37. The Morgan fingerprint density at radius 2 is 1.70 bits per heavy atom. The Labute approximate surface area is 122 Å². The first kappa shape index (κ1) is 14.4. The Kier molecular flexibility index (Phi) is 3.98. The lowest BCUT2D eigenvalue weighted by molar-refractivity contribution is 0.594. The van der Waals surface area contributed by atoms with E-state index < -0.39 is 10.0 Å². The molecule has 0 bridgehead atoms. The van der Waals surface area contributed by atoms with Crippen molar-refractivity contribution in [3.8, 4) is 6.07 Å². The van der Waals surface area contributed by atoms with Crippen LogP contribution >= 0.6 is 11.6 Å². The summed E-state index contributed by atoms with van der Waals surface area (Å²) in [5, 5.41) is 8.92. The second-order valence-corrected chi connectivity index (χ2v) is 6.41. The lowest BCUT2D eigenvalue weighted by atomic mass is 10.2. The minimum absolute atomic E-state index is 0.0496. The van der Waals surface area contributed by atoms with E-state index >= 15 is 0 Å². The number of rotatable bonds is 3. The molecule has 102 valence electrons. The summed E-state index contributed by atoms with van der Waals surface area (Å²) < 4.78 is 26.1. The molecule has 2 aromatic carbocycles. The first-order chi connectivity index (χ1) is 9.46. The lowest BCUT2D eigenvalue weighted by Crippen LogP contribution is -2.26. The summed E-state index contributed by atoms with van der Waals surface area (Å²) >= 11 is 5.94. The predicted octanol–water partition coefficient (Wildman–Crippen LogP) is 3.04. The van der Waals surface area contributed by atoms with Gasteiger partial charge in [-0.25, -0.2) is 8.42 Å². The van der Waals surface area contributed by atoms with Crippen LogP contribution in [0.15, 0.2) is 53.4 Å². The van der Waals surface area contributed by atoms with Gasteiger partial charge in [0.25, 0.3) is 10.0 Å². The third-order valence-electron chi connectivity index (χ3n) is 2.84. The van der Waals surface area contributed by atoms with Gasteiger partial charge in [0.2, 0.25) is 0 Å². The van der Waals surface area contributed by atoms with E-state index in [1.165, 1.54) is 19.2 Å². The van der Waals surface area contributed by atoms with E-state index in [0.29, 0.717) is 11.3 Å². The second kappa shape index (κ2) is 5.53. The zero-order valence-electron chi connectivity index (χ0n) is 10.6. The molecule has 0 fully saturated rings. The van der Waals surface area contributed by atoms with Crippen LogP contribution in [0, 0.1) is 11.3 Å². The molecule has 6 heteroatoms. The zero-order valence-corrected chi connectivity index (χ0v) is 12.2. The minimum Gasteiger partial charge on any atom is -0.269 e. The SMILES string of the molecule is CN(c1ccc(C#N)cc1)S(=O)(=O)c1ccccc1Cl. The largest absolute Gasteiger partial charge is 0.269 e. The number of nitrogens with zero attached hydrogens (tertiary/aromatic N) is 2. The van der Waals surface area contributed by atoms with E-state index in [1.54, 1.807) is 36.4 Å². The van der Waals surface area contributed by atoms with Gasteiger partial charge in [-0.05, 0) is 36.4 Å². The molecule has 4 nitrogen and oxygen atoms in total. The van der Waals surface area contributed by atoms with Gasteiger partial charge >= 0.3 is 0 Å². The average Bonchev–Trinajstić information content (AvgIpc) is 2.47. The summed E-state index contributed by atoms with van der Waals surface area (Å²) in [5.74, 6) is 0. The van der Waals surface area contributed by atoms with Crippen molar-refractivity contribution in [3.05, 3.63) is 59.1 Å². The van der Waals surface area contributed by atoms with Crippen molar-refractivity contribution >= 4 is 27.3 Å². The third kappa shape index (κ3) is 2.62. The standard InChI is InChI=1S/C14H11ClN2O2S/c1-17(12-8-6-11(10-16)7-9-12)20(18,19)14-5-3-2-4-13(14)15/h2-9H,1H3. The Morgan fingerprint density at radius 1 is 1.10 bits per heavy atom. The van der Waals surface area contributed by atoms with Crippen LogP contribution < -0.4 is 4.31 Å². The molecule has 0 amide bonds.